The van der Waals surface area contributed by atoms with Crippen molar-refractivity contribution in [2.75, 3.05) is 6.54 Å². The molecular weight excluding hydrogens is 447 g/mol. The van der Waals surface area contributed by atoms with E-state index >= 15 is 0 Å². The van der Waals surface area contributed by atoms with Crippen LogP contribution in [0.1, 0.15) is 17.0 Å². The lowest BCUT2D eigenvalue weighted by molar-refractivity contribution is -0.122. The molecule has 0 radical (unpaired) electrons. The number of aryl methyl sites for hydroxylation is 1. The van der Waals surface area contributed by atoms with Crippen LogP contribution in [0.2, 0.25) is 0 Å². The molecule has 2 amide bonds. The van der Waals surface area contributed by atoms with Gasteiger partial charge in [-0.1, -0.05) is 5.92 Å². The van der Waals surface area contributed by atoms with Crippen LogP contribution in [0, 0.1) is 29.8 Å². The van der Waals surface area contributed by atoms with Gasteiger partial charge in [-0.25, -0.2) is 0 Å². The first kappa shape index (κ1) is 17.8. The summed E-state index contributed by atoms with van der Waals surface area (Å²) in [4.78, 5) is 25.7. The zero-order valence-electron chi connectivity index (χ0n) is 13.7. The highest BCUT2D eigenvalue weighted by atomic mass is 127. The van der Waals surface area contributed by atoms with Crippen LogP contribution < -0.4 is 0 Å². The molecule has 0 unspecified atom stereocenters. The SMILES string of the molecule is C#CCN1C(=O)SC(=Cc2cc(C)n(-c3ccc(I)cc3)c2C)C1=O. The Balaban J connectivity index is 1.99. The number of imide groups is 1. The third-order valence-corrected chi connectivity index (χ3v) is 5.59. The maximum atomic E-state index is 12.3. The zero-order valence-corrected chi connectivity index (χ0v) is 16.7. The number of amides is 2. The lowest BCUT2D eigenvalue weighted by Gasteiger charge is -2.09. The van der Waals surface area contributed by atoms with Crippen molar-refractivity contribution in [2.45, 2.75) is 13.8 Å². The lowest BCUT2D eigenvalue weighted by atomic mass is 10.2. The number of hydrogen-bond donors (Lipinski definition) is 0. The van der Waals surface area contributed by atoms with Crippen molar-refractivity contribution < 1.29 is 9.59 Å². The number of carbonyl (C=O) groups is 2. The number of thioether (sulfide) groups is 1. The van der Waals surface area contributed by atoms with Gasteiger partial charge in [0.05, 0.1) is 11.4 Å². The Labute approximate surface area is 164 Å². The Morgan fingerprint density at radius 3 is 2.56 bits per heavy atom. The predicted molar refractivity (Wildman–Crippen MR) is 109 cm³/mol. The van der Waals surface area contributed by atoms with Crippen LogP contribution in [0.5, 0.6) is 0 Å². The molecule has 0 N–H and O–H groups in total. The summed E-state index contributed by atoms with van der Waals surface area (Å²) in [5.41, 5.74) is 4.06. The standard InChI is InChI=1S/C19H15IN2O2S/c1-4-9-21-18(23)17(25-19(21)24)11-14-10-12(2)22(13(14)3)16-7-5-15(20)6-8-16/h1,5-8,10-11H,9H2,2-3H3. The first-order chi connectivity index (χ1) is 11.9. The van der Waals surface area contributed by atoms with Crippen molar-refractivity contribution >= 4 is 51.6 Å². The molecule has 1 saturated heterocycles. The quantitative estimate of drug-likeness (QED) is 0.387. The van der Waals surface area contributed by atoms with Crippen molar-refractivity contribution in [3.8, 4) is 18.0 Å². The smallest absolute Gasteiger partial charge is 0.294 e. The summed E-state index contributed by atoms with van der Waals surface area (Å²) in [5, 5.41) is -0.319. The average Bonchev–Trinajstić information content (AvgIpc) is 3.00. The molecule has 0 aliphatic carbocycles. The second-order valence-electron chi connectivity index (χ2n) is 5.61. The highest BCUT2D eigenvalue weighted by Crippen LogP contribution is 2.33. The highest BCUT2D eigenvalue weighted by Gasteiger charge is 2.34. The fourth-order valence-corrected chi connectivity index (χ4v) is 3.98. The Hall–Kier alpha value is -1.98. The summed E-state index contributed by atoms with van der Waals surface area (Å²) in [6.45, 7) is 4.03. The first-order valence-corrected chi connectivity index (χ1v) is 9.45. The van der Waals surface area contributed by atoms with Crippen molar-refractivity contribution in [2.24, 2.45) is 0 Å². The predicted octanol–water partition coefficient (Wildman–Crippen LogP) is 4.37. The van der Waals surface area contributed by atoms with E-state index in [0.29, 0.717) is 4.91 Å². The molecule has 1 aromatic carbocycles. The number of halogens is 1. The molecule has 2 aromatic rings. The van der Waals surface area contributed by atoms with Gasteiger partial charge in [0, 0.05) is 20.6 Å². The van der Waals surface area contributed by atoms with Crippen molar-refractivity contribution in [1.29, 1.82) is 0 Å². The third kappa shape index (κ3) is 3.39. The number of carbonyl (C=O) groups excluding carboxylic acids is 2. The lowest BCUT2D eigenvalue weighted by Crippen LogP contribution is -2.28. The van der Waals surface area contributed by atoms with E-state index in [9.17, 15) is 9.59 Å². The van der Waals surface area contributed by atoms with Crippen LogP contribution in [0.3, 0.4) is 0 Å². The molecule has 1 aromatic heterocycles. The van der Waals surface area contributed by atoms with E-state index in [1.54, 1.807) is 6.08 Å². The van der Waals surface area contributed by atoms with Gasteiger partial charge in [0.25, 0.3) is 11.1 Å². The Bertz CT molecular complexity index is 936. The molecule has 25 heavy (non-hydrogen) atoms. The molecule has 1 aliphatic rings. The molecule has 6 heteroatoms. The number of benzene rings is 1. The highest BCUT2D eigenvalue weighted by molar-refractivity contribution is 14.1. The van der Waals surface area contributed by atoms with Gasteiger partial charge < -0.3 is 4.57 Å². The van der Waals surface area contributed by atoms with Crippen LogP contribution in [-0.4, -0.2) is 27.2 Å². The summed E-state index contributed by atoms with van der Waals surface area (Å²) in [7, 11) is 0. The minimum absolute atomic E-state index is 0.00365. The number of nitrogens with zero attached hydrogens (tertiary/aromatic N) is 2. The average molecular weight is 462 g/mol. The summed E-state index contributed by atoms with van der Waals surface area (Å²) in [5.74, 6) is 2.02. The van der Waals surface area contributed by atoms with Gasteiger partial charge >= 0.3 is 0 Å². The number of hydrogen-bond acceptors (Lipinski definition) is 3. The topological polar surface area (TPSA) is 42.3 Å². The summed E-state index contributed by atoms with van der Waals surface area (Å²) in [6, 6.07) is 10.3. The molecule has 1 fully saturated rings. The van der Waals surface area contributed by atoms with Crippen LogP contribution in [-0.2, 0) is 4.79 Å². The van der Waals surface area contributed by atoms with Crippen LogP contribution >= 0.6 is 34.4 Å². The molecule has 4 nitrogen and oxygen atoms in total. The van der Waals surface area contributed by atoms with Gasteiger partial charge in [0.1, 0.15) is 0 Å². The van der Waals surface area contributed by atoms with E-state index in [1.807, 2.05) is 19.9 Å². The monoisotopic (exact) mass is 462 g/mol. The Morgan fingerprint density at radius 1 is 1.24 bits per heavy atom. The number of aromatic nitrogens is 1. The van der Waals surface area contributed by atoms with Crippen LogP contribution in [0.4, 0.5) is 4.79 Å². The Kier molecular flexibility index (Phi) is 5.06. The zero-order chi connectivity index (χ0) is 18.1. The van der Waals surface area contributed by atoms with Gasteiger partial charge in [-0.05, 0) is 90.2 Å². The van der Waals surface area contributed by atoms with Gasteiger partial charge in [-0.15, -0.1) is 6.42 Å². The van der Waals surface area contributed by atoms with Gasteiger partial charge in [0.15, 0.2) is 0 Å². The molecule has 0 atom stereocenters. The fourth-order valence-electron chi connectivity index (χ4n) is 2.79. The van der Waals surface area contributed by atoms with Gasteiger partial charge in [-0.3, -0.25) is 14.5 Å². The Morgan fingerprint density at radius 2 is 1.92 bits per heavy atom. The van der Waals surface area contributed by atoms with E-state index in [0.717, 1.165) is 39.3 Å². The maximum absolute atomic E-state index is 12.3. The van der Waals surface area contributed by atoms with Crippen LogP contribution in [0.25, 0.3) is 11.8 Å². The second kappa shape index (κ2) is 7.10. The third-order valence-electron chi connectivity index (χ3n) is 3.96. The molecule has 126 valence electrons. The summed E-state index contributed by atoms with van der Waals surface area (Å²) >= 11 is 3.21. The molecular formula is C19H15IN2O2S. The van der Waals surface area contributed by atoms with E-state index in [-0.39, 0.29) is 17.7 Å². The minimum atomic E-state index is -0.327. The van der Waals surface area contributed by atoms with E-state index in [2.05, 4.69) is 57.3 Å². The van der Waals surface area contributed by atoms with Crippen molar-refractivity contribution in [3.63, 3.8) is 0 Å². The minimum Gasteiger partial charge on any atom is -0.318 e. The first-order valence-electron chi connectivity index (χ1n) is 7.56. The van der Waals surface area contributed by atoms with Crippen LogP contribution in [0.15, 0.2) is 35.2 Å². The van der Waals surface area contributed by atoms with Crippen molar-refractivity contribution in [1.82, 2.24) is 9.47 Å². The molecule has 0 saturated carbocycles. The maximum Gasteiger partial charge on any atom is 0.294 e. The van der Waals surface area contributed by atoms with E-state index in [1.165, 1.54) is 3.57 Å². The molecule has 1 aliphatic heterocycles. The number of rotatable bonds is 3. The van der Waals surface area contributed by atoms with E-state index < -0.39 is 0 Å². The van der Waals surface area contributed by atoms with Gasteiger partial charge in [-0.2, -0.15) is 0 Å². The summed E-state index contributed by atoms with van der Waals surface area (Å²) in [6.07, 6.45) is 7.00. The van der Waals surface area contributed by atoms with E-state index in [4.69, 9.17) is 6.42 Å². The molecule has 3 rings (SSSR count). The molecule has 2 heterocycles. The second-order valence-corrected chi connectivity index (χ2v) is 7.85. The van der Waals surface area contributed by atoms with Gasteiger partial charge in [0.2, 0.25) is 0 Å². The fraction of sp³-hybridized carbons (Fsp3) is 0.158. The summed E-state index contributed by atoms with van der Waals surface area (Å²) < 4.78 is 3.30. The largest absolute Gasteiger partial charge is 0.318 e. The molecule has 0 bridgehead atoms. The number of terminal acetylenes is 1. The van der Waals surface area contributed by atoms with Crippen molar-refractivity contribution in [3.05, 3.63) is 55.8 Å². The normalized spacial score (nSPS) is 15.9. The molecule has 0 spiro atoms.